The number of aliphatic hydroxyl groups is 4. The standard InChI is InChI=1S/C36H59NO12/c1-10-27-36(43,19-45-35-33(44-9)31(42)29(40)24(6)47-35)16-12-11-13-26(38)21(3)17-22(4)32(20(2)14-15-28(39)48-27)49-34-30(41)25(37(7)8)18-23(5)46-34/h11-16,20-25,27,29-35,40-43H,10,17-19H2,1-9H3/b13-11-,15-14-,16-12-/t20-,21-,22+,23+,24-,25+,27-,29-,30-,31+,32+,33-,34-,35-,36+/m1/s1. The molecule has 0 spiro atoms. The Morgan fingerprint density at radius 2 is 1.61 bits per heavy atom. The summed E-state index contributed by atoms with van der Waals surface area (Å²) in [5, 5.41) is 43.8. The fourth-order valence-electron chi connectivity index (χ4n) is 6.84. The molecule has 2 saturated heterocycles. The first-order valence-electron chi connectivity index (χ1n) is 17.3. The molecule has 0 radical (unpaired) electrons. The molecular weight excluding hydrogens is 638 g/mol. The van der Waals surface area contributed by atoms with Gasteiger partial charge in [0.1, 0.15) is 36.1 Å². The summed E-state index contributed by atoms with van der Waals surface area (Å²) in [6.07, 6.45) is 0.995. The third kappa shape index (κ3) is 10.7. The number of carbonyl (C=O) groups excluding carboxylic acids is 2. The zero-order chi connectivity index (χ0) is 36.6. The van der Waals surface area contributed by atoms with Gasteiger partial charge in [0.2, 0.25) is 0 Å². The van der Waals surface area contributed by atoms with E-state index in [9.17, 15) is 30.0 Å². The highest BCUT2D eigenvalue weighted by Crippen LogP contribution is 2.32. The minimum Gasteiger partial charge on any atom is -0.456 e. The first-order valence-corrected chi connectivity index (χ1v) is 17.3. The molecule has 3 heterocycles. The van der Waals surface area contributed by atoms with Gasteiger partial charge < -0.3 is 53.7 Å². The lowest BCUT2D eigenvalue weighted by Gasteiger charge is -2.43. The van der Waals surface area contributed by atoms with Gasteiger partial charge in [-0.2, -0.15) is 0 Å². The Hall–Kier alpha value is -2.04. The number of esters is 1. The molecule has 280 valence electrons. The van der Waals surface area contributed by atoms with Crippen molar-refractivity contribution in [3.8, 4) is 0 Å². The van der Waals surface area contributed by atoms with Crippen molar-refractivity contribution >= 4 is 11.8 Å². The predicted molar refractivity (Wildman–Crippen MR) is 180 cm³/mol. The van der Waals surface area contributed by atoms with E-state index in [2.05, 4.69) is 0 Å². The number of carbonyl (C=O) groups is 2. The van der Waals surface area contributed by atoms with Crippen LogP contribution in [-0.2, 0) is 38.0 Å². The molecule has 0 aliphatic carbocycles. The second-order valence-electron chi connectivity index (χ2n) is 14.2. The van der Waals surface area contributed by atoms with Gasteiger partial charge >= 0.3 is 5.97 Å². The van der Waals surface area contributed by atoms with Gasteiger partial charge in [-0.3, -0.25) is 4.79 Å². The van der Waals surface area contributed by atoms with Gasteiger partial charge in [0.15, 0.2) is 18.4 Å². The van der Waals surface area contributed by atoms with Crippen LogP contribution in [0.15, 0.2) is 36.5 Å². The van der Waals surface area contributed by atoms with Crippen molar-refractivity contribution in [2.75, 3.05) is 27.8 Å². The smallest absolute Gasteiger partial charge is 0.330 e. The third-order valence-corrected chi connectivity index (χ3v) is 9.87. The molecular formula is C36H59NO12. The van der Waals surface area contributed by atoms with Gasteiger partial charge in [-0.25, -0.2) is 4.79 Å². The van der Waals surface area contributed by atoms with Crippen molar-refractivity contribution < 1.29 is 58.4 Å². The third-order valence-electron chi connectivity index (χ3n) is 9.87. The summed E-state index contributed by atoms with van der Waals surface area (Å²) in [5.74, 6) is -1.73. The Labute approximate surface area is 290 Å². The summed E-state index contributed by atoms with van der Waals surface area (Å²) in [6.45, 7) is 10.5. The van der Waals surface area contributed by atoms with E-state index < -0.39 is 73.5 Å². The molecule has 3 aliphatic heterocycles. The molecule has 0 unspecified atom stereocenters. The van der Waals surface area contributed by atoms with Crippen molar-refractivity contribution in [1.82, 2.24) is 4.90 Å². The summed E-state index contributed by atoms with van der Waals surface area (Å²) in [5.41, 5.74) is -1.89. The fraction of sp³-hybridized carbons (Fsp3) is 0.778. The summed E-state index contributed by atoms with van der Waals surface area (Å²) in [6, 6.07) is -0.173. The number of ether oxygens (including phenoxy) is 6. The molecule has 0 saturated carbocycles. The minimum absolute atomic E-state index is 0.126. The molecule has 49 heavy (non-hydrogen) atoms. The molecule has 0 aromatic rings. The Morgan fingerprint density at radius 1 is 0.918 bits per heavy atom. The van der Waals surface area contributed by atoms with E-state index in [1.54, 1.807) is 19.9 Å². The predicted octanol–water partition coefficient (Wildman–Crippen LogP) is 1.90. The molecule has 0 aromatic carbocycles. The van der Waals surface area contributed by atoms with Crippen molar-refractivity contribution in [2.24, 2.45) is 17.8 Å². The molecule has 13 nitrogen and oxygen atoms in total. The summed E-state index contributed by atoms with van der Waals surface area (Å²) < 4.78 is 35.3. The second-order valence-corrected chi connectivity index (χ2v) is 14.2. The molecule has 3 rings (SSSR count). The summed E-state index contributed by atoms with van der Waals surface area (Å²) in [7, 11) is 5.14. The molecule has 15 atom stereocenters. The zero-order valence-corrected chi connectivity index (χ0v) is 30.4. The van der Waals surface area contributed by atoms with Crippen LogP contribution in [-0.4, -0.2) is 138 Å². The molecule has 0 aromatic heterocycles. The first-order chi connectivity index (χ1) is 23.0. The number of cyclic esters (lactones) is 1. The quantitative estimate of drug-likeness (QED) is 0.271. The Balaban J connectivity index is 1.89. The van der Waals surface area contributed by atoms with Crippen molar-refractivity contribution in [2.45, 2.75) is 134 Å². The van der Waals surface area contributed by atoms with Crippen molar-refractivity contribution in [1.29, 1.82) is 0 Å². The second kappa shape index (κ2) is 18.5. The van der Waals surface area contributed by atoms with Crippen molar-refractivity contribution in [3.05, 3.63) is 36.5 Å². The van der Waals surface area contributed by atoms with Crippen LogP contribution in [0.3, 0.4) is 0 Å². The topological polar surface area (TPSA) is 174 Å². The number of aliphatic hydroxyl groups excluding tert-OH is 3. The highest BCUT2D eigenvalue weighted by Gasteiger charge is 2.46. The number of allylic oxidation sites excluding steroid dienone is 3. The van der Waals surface area contributed by atoms with Gasteiger partial charge in [0.25, 0.3) is 0 Å². The summed E-state index contributed by atoms with van der Waals surface area (Å²) >= 11 is 0. The Kier molecular flexibility index (Phi) is 15.6. The number of methoxy groups -OCH3 is 1. The van der Waals surface area contributed by atoms with E-state index in [0.29, 0.717) is 12.8 Å². The van der Waals surface area contributed by atoms with E-state index in [0.717, 1.165) is 0 Å². The van der Waals surface area contributed by atoms with Gasteiger partial charge in [-0.15, -0.1) is 0 Å². The largest absolute Gasteiger partial charge is 0.456 e. The lowest BCUT2D eigenvalue weighted by Crippen LogP contribution is -2.59. The maximum atomic E-state index is 13.2. The van der Waals surface area contributed by atoms with Crippen LogP contribution in [0.2, 0.25) is 0 Å². The normalized spacial score (nSPS) is 45.1. The maximum absolute atomic E-state index is 13.2. The monoisotopic (exact) mass is 697 g/mol. The van der Waals surface area contributed by atoms with Crippen LogP contribution in [0.25, 0.3) is 0 Å². The van der Waals surface area contributed by atoms with Gasteiger partial charge in [-0.1, -0.05) is 45.9 Å². The van der Waals surface area contributed by atoms with E-state index in [1.165, 1.54) is 37.5 Å². The molecule has 3 aliphatic rings. The van der Waals surface area contributed by atoms with Crippen LogP contribution in [0.5, 0.6) is 0 Å². The van der Waals surface area contributed by atoms with Crippen molar-refractivity contribution in [3.63, 3.8) is 0 Å². The van der Waals surface area contributed by atoms with Gasteiger partial charge in [-0.05, 0) is 65.3 Å². The number of ketones is 1. The molecule has 2 fully saturated rings. The number of rotatable bonds is 8. The lowest BCUT2D eigenvalue weighted by molar-refractivity contribution is -0.306. The lowest BCUT2D eigenvalue weighted by atomic mass is 9.84. The minimum atomic E-state index is -1.89. The molecule has 13 heteroatoms. The number of hydrogen-bond acceptors (Lipinski definition) is 13. The SMILES string of the molecule is CC[C@H]1OC(=O)/C=C\[C@@H](C)[C@H](O[C@H]2O[C@@H](C)C[C@H](N(C)C)[C@H]2O)[C@@H](C)C[C@@H](C)C(=O)/C=C\C=C/[C@]1(O)CO[C@@H]1O[C@H](C)[C@@H](O)[C@H](O)[C@H]1OC. The average Bonchev–Trinajstić information content (AvgIpc) is 3.05. The fourth-order valence-corrected chi connectivity index (χ4v) is 6.84. The number of hydrogen-bond donors (Lipinski definition) is 4. The summed E-state index contributed by atoms with van der Waals surface area (Å²) in [4.78, 5) is 28.4. The number of nitrogens with zero attached hydrogens (tertiary/aromatic N) is 1. The first kappa shape index (κ1) is 41.4. The highest BCUT2D eigenvalue weighted by atomic mass is 16.7. The van der Waals surface area contributed by atoms with E-state index >= 15 is 0 Å². The molecule has 0 bridgehead atoms. The van der Waals surface area contributed by atoms with Crippen LogP contribution in [0, 0.1) is 17.8 Å². The highest BCUT2D eigenvalue weighted by molar-refractivity contribution is 5.91. The van der Waals surface area contributed by atoms with Crippen LogP contribution in [0.1, 0.15) is 60.8 Å². The van der Waals surface area contributed by atoms with E-state index in [1.807, 2.05) is 46.7 Å². The van der Waals surface area contributed by atoms with E-state index in [-0.39, 0.29) is 42.1 Å². The Morgan fingerprint density at radius 3 is 2.24 bits per heavy atom. The average molecular weight is 698 g/mol. The van der Waals surface area contributed by atoms with Crippen LogP contribution in [0.4, 0.5) is 0 Å². The van der Waals surface area contributed by atoms with E-state index in [4.69, 9.17) is 28.4 Å². The number of likely N-dealkylation sites (N-methyl/N-ethyl adjacent to an activating group) is 1. The zero-order valence-electron chi connectivity index (χ0n) is 30.4. The maximum Gasteiger partial charge on any atom is 0.330 e. The Bertz CT molecular complexity index is 1160. The van der Waals surface area contributed by atoms with Gasteiger partial charge in [0, 0.05) is 31.1 Å². The van der Waals surface area contributed by atoms with Crippen LogP contribution < -0.4 is 0 Å². The van der Waals surface area contributed by atoms with Crippen LogP contribution >= 0.6 is 0 Å². The molecule has 0 amide bonds. The molecule has 4 N–H and O–H groups in total. The van der Waals surface area contributed by atoms with Gasteiger partial charge in [0.05, 0.1) is 24.9 Å².